The number of rotatable bonds is 8. The lowest BCUT2D eigenvalue weighted by molar-refractivity contribution is -0.149. The third-order valence-corrected chi connectivity index (χ3v) is 3.55. The van der Waals surface area contributed by atoms with Crippen molar-refractivity contribution in [1.29, 1.82) is 0 Å². The summed E-state index contributed by atoms with van der Waals surface area (Å²) in [6.07, 6.45) is 0. The minimum absolute atomic E-state index is 0.121. The molecule has 0 atom stereocenters. The van der Waals surface area contributed by atoms with E-state index in [1.54, 1.807) is 18.2 Å². The van der Waals surface area contributed by atoms with E-state index in [4.69, 9.17) is 9.47 Å². The second-order valence-corrected chi connectivity index (χ2v) is 5.65. The summed E-state index contributed by atoms with van der Waals surface area (Å²) in [5.41, 5.74) is 1.24. The Hall–Kier alpha value is -3.68. The van der Waals surface area contributed by atoms with Crippen LogP contribution in [0.2, 0.25) is 0 Å². The lowest BCUT2D eigenvalue weighted by atomic mass is 10.1. The summed E-state index contributed by atoms with van der Waals surface area (Å²) < 4.78 is 14.7. The molecule has 0 radical (unpaired) electrons. The third kappa shape index (κ3) is 6.24. The molecule has 0 aliphatic rings. The Labute approximate surface area is 161 Å². The van der Waals surface area contributed by atoms with E-state index in [1.807, 2.05) is 0 Å². The zero-order valence-electron chi connectivity index (χ0n) is 15.4. The van der Waals surface area contributed by atoms with E-state index < -0.39 is 31.1 Å². The molecule has 0 bridgehead atoms. The highest BCUT2D eigenvalue weighted by molar-refractivity contribution is 5.95. The van der Waals surface area contributed by atoms with E-state index in [0.29, 0.717) is 22.6 Å². The standard InChI is InChI=1S/C20H19NO7/c1-13(22)15-4-3-5-17(10-15)27-12-19(24)28-11-18(23)21-16-8-6-14(7-9-16)20(25)26-2/h3-10H,11-12H2,1-2H3,(H,21,23). The molecule has 0 aromatic heterocycles. The van der Waals surface area contributed by atoms with E-state index >= 15 is 0 Å². The zero-order chi connectivity index (χ0) is 20.5. The summed E-state index contributed by atoms with van der Waals surface area (Å²) in [6, 6.07) is 12.4. The van der Waals surface area contributed by atoms with Crippen LogP contribution in [-0.2, 0) is 19.1 Å². The second kappa shape index (κ2) is 9.86. The summed E-state index contributed by atoms with van der Waals surface area (Å²) in [7, 11) is 1.27. The predicted octanol–water partition coefficient (Wildman–Crippen LogP) is 2.24. The van der Waals surface area contributed by atoms with Crippen LogP contribution in [0.3, 0.4) is 0 Å². The fourth-order valence-electron chi connectivity index (χ4n) is 2.14. The molecule has 0 aliphatic heterocycles. The number of ether oxygens (including phenoxy) is 3. The number of benzene rings is 2. The average molecular weight is 385 g/mol. The summed E-state index contributed by atoms with van der Waals surface area (Å²) >= 11 is 0. The Morgan fingerprint density at radius 1 is 0.929 bits per heavy atom. The van der Waals surface area contributed by atoms with E-state index in [0.717, 1.165) is 0 Å². The first-order valence-electron chi connectivity index (χ1n) is 8.26. The monoisotopic (exact) mass is 385 g/mol. The van der Waals surface area contributed by atoms with Gasteiger partial charge in [-0.15, -0.1) is 0 Å². The number of hydrogen-bond acceptors (Lipinski definition) is 7. The molecule has 0 aliphatic carbocycles. The molecule has 0 saturated heterocycles. The van der Waals surface area contributed by atoms with Gasteiger partial charge in [-0.1, -0.05) is 12.1 Å². The Morgan fingerprint density at radius 3 is 2.29 bits per heavy atom. The number of esters is 2. The first-order chi connectivity index (χ1) is 13.4. The van der Waals surface area contributed by atoms with Gasteiger partial charge in [-0.05, 0) is 43.3 Å². The first kappa shape index (κ1) is 20.6. The van der Waals surface area contributed by atoms with Crippen LogP contribution in [0.15, 0.2) is 48.5 Å². The molecule has 0 fully saturated rings. The topological polar surface area (TPSA) is 108 Å². The maximum Gasteiger partial charge on any atom is 0.344 e. The van der Waals surface area contributed by atoms with E-state index in [-0.39, 0.29) is 5.78 Å². The van der Waals surface area contributed by atoms with Crippen molar-refractivity contribution >= 4 is 29.3 Å². The van der Waals surface area contributed by atoms with Gasteiger partial charge in [0, 0.05) is 11.3 Å². The largest absolute Gasteiger partial charge is 0.482 e. The molecule has 28 heavy (non-hydrogen) atoms. The predicted molar refractivity (Wildman–Crippen MR) is 99.3 cm³/mol. The molecule has 1 amide bonds. The van der Waals surface area contributed by atoms with Crippen LogP contribution in [0.25, 0.3) is 0 Å². The van der Waals surface area contributed by atoms with Crippen LogP contribution in [0.5, 0.6) is 5.75 Å². The Bertz CT molecular complexity index is 874. The van der Waals surface area contributed by atoms with Crippen molar-refractivity contribution in [2.75, 3.05) is 25.6 Å². The molecular formula is C20H19NO7. The fourth-order valence-corrected chi connectivity index (χ4v) is 2.14. The Balaban J connectivity index is 1.76. The molecular weight excluding hydrogens is 366 g/mol. The van der Waals surface area contributed by atoms with Crippen molar-refractivity contribution < 1.29 is 33.4 Å². The molecule has 2 aromatic rings. The zero-order valence-corrected chi connectivity index (χ0v) is 15.4. The fraction of sp³-hybridized carbons (Fsp3) is 0.200. The van der Waals surface area contributed by atoms with Crippen molar-refractivity contribution in [1.82, 2.24) is 0 Å². The van der Waals surface area contributed by atoms with Gasteiger partial charge in [0.2, 0.25) is 0 Å². The van der Waals surface area contributed by atoms with Gasteiger partial charge in [-0.2, -0.15) is 0 Å². The van der Waals surface area contributed by atoms with Gasteiger partial charge in [-0.25, -0.2) is 9.59 Å². The van der Waals surface area contributed by atoms with Crippen LogP contribution in [0, 0.1) is 0 Å². The van der Waals surface area contributed by atoms with E-state index in [1.165, 1.54) is 44.4 Å². The molecule has 146 valence electrons. The lowest BCUT2D eigenvalue weighted by Crippen LogP contribution is -2.23. The molecule has 0 heterocycles. The number of carbonyl (C=O) groups is 4. The molecule has 8 nitrogen and oxygen atoms in total. The molecule has 8 heteroatoms. The Kier molecular flexibility index (Phi) is 7.27. The molecule has 0 unspecified atom stereocenters. The van der Waals surface area contributed by atoms with Gasteiger partial charge in [0.25, 0.3) is 5.91 Å². The number of amides is 1. The molecule has 2 aromatic carbocycles. The van der Waals surface area contributed by atoms with Crippen molar-refractivity contribution in [3.05, 3.63) is 59.7 Å². The Morgan fingerprint density at radius 2 is 1.64 bits per heavy atom. The van der Waals surface area contributed by atoms with Crippen molar-refractivity contribution in [3.8, 4) is 5.75 Å². The lowest BCUT2D eigenvalue weighted by Gasteiger charge is -2.09. The highest BCUT2D eigenvalue weighted by Gasteiger charge is 2.10. The van der Waals surface area contributed by atoms with Gasteiger partial charge >= 0.3 is 11.9 Å². The van der Waals surface area contributed by atoms with Gasteiger partial charge in [0.05, 0.1) is 12.7 Å². The minimum atomic E-state index is -0.732. The number of carbonyl (C=O) groups excluding carboxylic acids is 4. The molecule has 0 saturated carbocycles. The molecule has 2 rings (SSSR count). The number of Topliss-reactive ketones (excluding diaryl/α,β-unsaturated/α-hetero) is 1. The van der Waals surface area contributed by atoms with Gasteiger partial charge < -0.3 is 19.5 Å². The van der Waals surface area contributed by atoms with Crippen LogP contribution >= 0.6 is 0 Å². The number of anilines is 1. The highest BCUT2D eigenvalue weighted by atomic mass is 16.6. The maximum absolute atomic E-state index is 11.8. The molecule has 1 N–H and O–H groups in total. The average Bonchev–Trinajstić information content (AvgIpc) is 2.71. The number of nitrogens with one attached hydrogen (secondary N) is 1. The van der Waals surface area contributed by atoms with E-state index in [9.17, 15) is 19.2 Å². The maximum atomic E-state index is 11.8. The summed E-state index contributed by atoms with van der Waals surface area (Å²) in [4.78, 5) is 46.2. The quantitative estimate of drug-likeness (QED) is 0.548. The van der Waals surface area contributed by atoms with Crippen LogP contribution in [0.4, 0.5) is 5.69 Å². The van der Waals surface area contributed by atoms with Crippen molar-refractivity contribution in [2.45, 2.75) is 6.92 Å². The number of methoxy groups -OCH3 is 1. The SMILES string of the molecule is COC(=O)c1ccc(NC(=O)COC(=O)COc2cccc(C(C)=O)c2)cc1. The summed E-state index contributed by atoms with van der Waals surface area (Å²) in [5, 5.41) is 2.53. The second-order valence-electron chi connectivity index (χ2n) is 5.65. The number of ketones is 1. The van der Waals surface area contributed by atoms with Gasteiger partial charge in [0.1, 0.15) is 5.75 Å². The smallest absolute Gasteiger partial charge is 0.344 e. The first-order valence-corrected chi connectivity index (χ1v) is 8.26. The normalized spacial score (nSPS) is 9.93. The van der Waals surface area contributed by atoms with Crippen LogP contribution in [0.1, 0.15) is 27.6 Å². The van der Waals surface area contributed by atoms with E-state index in [2.05, 4.69) is 10.1 Å². The number of hydrogen-bond donors (Lipinski definition) is 1. The minimum Gasteiger partial charge on any atom is -0.482 e. The summed E-state index contributed by atoms with van der Waals surface area (Å²) in [5.74, 6) is -1.54. The van der Waals surface area contributed by atoms with Crippen molar-refractivity contribution in [3.63, 3.8) is 0 Å². The van der Waals surface area contributed by atoms with Crippen LogP contribution < -0.4 is 10.1 Å². The van der Waals surface area contributed by atoms with Gasteiger partial charge in [-0.3, -0.25) is 9.59 Å². The van der Waals surface area contributed by atoms with Crippen molar-refractivity contribution in [2.24, 2.45) is 0 Å². The highest BCUT2D eigenvalue weighted by Crippen LogP contribution is 2.14. The van der Waals surface area contributed by atoms with Gasteiger partial charge in [0.15, 0.2) is 19.0 Å². The summed E-state index contributed by atoms with van der Waals surface area (Å²) in [6.45, 7) is 0.534. The van der Waals surface area contributed by atoms with Crippen LogP contribution in [-0.4, -0.2) is 44.0 Å². The third-order valence-electron chi connectivity index (χ3n) is 3.55. The molecule has 0 spiro atoms.